The third-order valence-corrected chi connectivity index (χ3v) is 2.67. The molecule has 0 aromatic carbocycles. The topological polar surface area (TPSA) is 17.1 Å². The minimum absolute atomic E-state index is 0.822. The van der Waals surface area contributed by atoms with Crippen LogP contribution in [0.3, 0.4) is 0 Å². The predicted molar refractivity (Wildman–Crippen MR) is 76.1 cm³/mol. The summed E-state index contributed by atoms with van der Waals surface area (Å²) in [5, 5.41) is 0. The maximum absolute atomic E-state index is 11.1. The molecule has 0 saturated carbocycles. The van der Waals surface area contributed by atoms with Gasteiger partial charge in [-0.15, -0.1) is 0 Å². The largest absolute Gasteiger partial charge is 0.298 e. The molecule has 0 rings (SSSR count). The van der Waals surface area contributed by atoms with Crippen LogP contribution < -0.4 is 0 Å². The van der Waals surface area contributed by atoms with E-state index in [9.17, 15) is 4.79 Å². The van der Waals surface area contributed by atoms with Crippen LogP contribution in [0.25, 0.3) is 0 Å². The molecule has 0 radical (unpaired) electrons. The Balaban J connectivity index is 4.98. The quantitative estimate of drug-likeness (QED) is 0.328. The number of hydrogen-bond acceptors (Lipinski definition) is 1. The third kappa shape index (κ3) is 6.93. The molecule has 0 bridgehead atoms. The molecular formula is C16H26O. The molecule has 0 N–H and O–H groups in total. The summed E-state index contributed by atoms with van der Waals surface area (Å²) in [6.07, 6.45) is 12.8. The summed E-state index contributed by atoms with van der Waals surface area (Å²) in [7, 11) is 0. The van der Waals surface area contributed by atoms with Gasteiger partial charge in [0.1, 0.15) is 6.29 Å². The molecule has 0 fully saturated rings. The van der Waals surface area contributed by atoms with E-state index >= 15 is 0 Å². The van der Waals surface area contributed by atoms with Gasteiger partial charge in [-0.1, -0.05) is 51.3 Å². The summed E-state index contributed by atoms with van der Waals surface area (Å²) in [4.78, 5) is 11.1. The normalized spacial score (nSPS) is 14.0. The van der Waals surface area contributed by atoms with Gasteiger partial charge in [0.05, 0.1) is 0 Å². The summed E-state index contributed by atoms with van der Waals surface area (Å²) in [6.45, 7) is 8.44. The Hall–Kier alpha value is -1.11. The van der Waals surface area contributed by atoms with Gasteiger partial charge in [0, 0.05) is 5.57 Å². The number of unbranched alkanes of at least 4 members (excludes halogenated alkanes) is 1. The van der Waals surface area contributed by atoms with Crippen LogP contribution in [-0.4, -0.2) is 6.29 Å². The highest BCUT2D eigenvalue weighted by Gasteiger charge is 2.00. The Morgan fingerprint density at radius 2 is 1.76 bits per heavy atom. The molecule has 0 saturated heterocycles. The second kappa shape index (κ2) is 10.1. The molecule has 1 nitrogen and oxygen atoms in total. The lowest BCUT2D eigenvalue weighted by Crippen LogP contribution is -1.90. The highest BCUT2D eigenvalue weighted by atomic mass is 16.1. The van der Waals surface area contributed by atoms with E-state index in [1.165, 1.54) is 5.57 Å². The van der Waals surface area contributed by atoms with Gasteiger partial charge in [-0.3, -0.25) is 4.79 Å². The van der Waals surface area contributed by atoms with Gasteiger partial charge in [0.25, 0.3) is 0 Å². The van der Waals surface area contributed by atoms with Crippen molar-refractivity contribution >= 4 is 6.29 Å². The van der Waals surface area contributed by atoms with Crippen molar-refractivity contribution < 1.29 is 4.79 Å². The minimum Gasteiger partial charge on any atom is -0.298 e. The van der Waals surface area contributed by atoms with Gasteiger partial charge < -0.3 is 0 Å². The van der Waals surface area contributed by atoms with E-state index in [1.54, 1.807) is 0 Å². The molecule has 0 aromatic heterocycles. The molecule has 0 atom stereocenters. The van der Waals surface area contributed by atoms with E-state index < -0.39 is 0 Å². The molecule has 0 heterocycles. The van der Waals surface area contributed by atoms with Crippen LogP contribution >= 0.6 is 0 Å². The maximum Gasteiger partial charge on any atom is 0.150 e. The number of rotatable bonds is 8. The van der Waals surface area contributed by atoms with E-state index in [1.807, 2.05) is 13.0 Å². The van der Waals surface area contributed by atoms with Gasteiger partial charge in [-0.05, 0) is 37.8 Å². The van der Waals surface area contributed by atoms with Crippen LogP contribution in [0.4, 0.5) is 0 Å². The average Bonchev–Trinajstić information content (AvgIpc) is 2.32. The van der Waals surface area contributed by atoms with Crippen LogP contribution in [0.1, 0.15) is 59.8 Å². The highest BCUT2D eigenvalue weighted by Crippen LogP contribution is 2.15. The molecule has 17 heavy (non-hydrogen) atoms. The molecular weight excluding hydrogens is 208 g/mol. The second-order valence-corrected chi connectivity index (χ2v) is 4.33. The summed E-state index contributed by atoms with van der Waals surface area (Å²) < 4.78 is 0. The first-order valence-corrected chi connectivity index (χ1v) is 6.72. The van der Waals surface area contributed by atoms with E-state index in [0.717, 1.165) is 49.5 Å². The Morgan fingerprint density at radius 1 is 1.06 bits per heavy atom. The molecule has 96 valence electrons. The van der Waals surface area contributed by atoms with Crippen molar-refractivity contribution in [3.8, 4) is 0 Å². The zero-order valence-electron chi connectivity index (χ0n) is 11.8. The fraction of sp³-hybridized carbons (Fsp3) is 0.562. The molecule has 0 unspecified atom stereocenters. The van der Waals surface area contributed by atoms with Crippen molar-refractivity contribution in [3.05, 3.63) is 34.9 Å². The fourth-order valence-corrected chi connectivity index (χ4v) is 1.72. The molecule has 0 aliphatic rings. The second-order valence-electron chi connectivity index (χ2n) is 4.33. The monoisotopic (exact) mass is 234 g/mol. The number of carbonyl (C=O) groups is 1. The van der Waals surface area contributed by atoms with Gasteiger partial charge in [0.2, 0.25) is 0 Å². The van der Waals surface area contributed by atoms with Crippen molar-refractivity contribution in [2.24, 2.45) is 0 Å². The molecule has 0 spiro atoms. The average molecular weight is 234 g/mol. The number of hydrogen-bond donors (Lipinski definition) is 0. The van der Waals surface area contributed by atoms with Crippen molar-refractivity contribution in [1.29, 1.82) is 0 Å². The zero-order chi connectivity index (χ0) is 13.1. The van der Waals surface area contributed by atoms with Gasteiger partial charge in [0.15, 0.2) is 0 Å². The Kier molecular flexibility index (Phi) is 9.41. The molecule has 0 amide bonds. The first-order chi connectivity index (χ1) is 8.19. The first kappa shape index (κ1) is 15.9. The maximum atomic E-state index is 11.1. The van der Waals surface area contributed by atoms with Gasteiger partial charge >= 0.3 is 0 Å². The molecule has 1 heteroatoms. The standard InChI is InChI=1S/C16H26O/c1-5-8-11-15(10-7-3)12-16(13-17)14(4)9-6-2/h9,11-13H,5-8,10H2,1-4H3/b14-9-,15-11-,16-12-. The lowest BCUT2D eigenvalue weighted by molar-refractivity contribution is -0.104. The summed E-state index contributed by atoms with van der Waals surface area (Å²) >= 11 is 0. The molecule has 0 aliphatic carbocycles. The van der Waals surface area contributed by atoms with E-state index in [4.69, 9.17) is 0 Å². The third-order valence-electron chi connectivity index (χ3n) is 2.67. The lowest BCUT2D eigenvalue weighted by atomic mass is 10.0. The van der Waals surface area contributed by atoms with Crippen LogP contribution in [0.2, 0.25) is 0 Å². The van der Waals surface area contributed by atoms with Crippen molar-refractivity contribution in [2.75, 3.05) is 0 Å². The Labute approximate surface area is 106 Å². The van der Waals surface area contributed by atoms with Crippen molar-refractivity contribution in [1.82, 2.24) is 0 Å². The lowest BCUT2D eigenvalue weighted by Gasteiger charge is -2.04. The van der Waals surface area contributed by atoms with Crippen LogP contribution in [-0.2, 0) is 4.79 Å². The molecule has 0 aromatic rings. The van der Waals surface area contributed by atoms with E-state index in [-0.39, 0.29) is 0 Å². The van der Waals surface area contributed by atoms with Crippen LogP contribution in [0.15, 0.2) is 34.9 Å². The number of carbonyl (C=O) groups excluding carboxylic acids is 1. The summed E-state index contributed by atoms with van der Waals surface area (Å²) in [5.41, 5.74) is 3.20. The zero-order valence-corrected chi connectivity index (χ0v) is 11.8. The Morgan fingerprint density at radius 3 is 2.24 bits per heavy atom. The van der Waals surface area contributed by atoms with Crippen LogP contribution in [0, 0.1) is 0 Å². The Bertz CT molecular complexity index is 305. The van der Waals surface area contributed by atoms with Crippen LogP contribution in [0.5, 0.6) is 0 Å². The van der Waals surface area contributed by atoms with Crippen molar-refractivity contribution in [2.45, 2.75) is 59.8 Å². The van der Waals surface area contributed by atoms with E-state index in [0.29, 0.717) is 0 Å². The minimum atomic E-state index is 0.822. The van der Waals surface area contributed by atoms with Crippen molar-refractivity contribution in [3.63, 3.8) is 0 Å². The number of aldehydes is 1. The first-order valence-electron chi connectivity index (χ1n) is 6.72. The summed E-state index contributed by atoms with van der Waals surface area (Å²) in [6, 6.07) is 0. The number of allylic oxidation sites excluding steroid dienone is 6. The molecule has 0 aliphatic heterocycles. The fourth-order valence-electron chi connectivity index (χ4n) is 1.72. The summed E-state index contributed by atoms with van der Waals surface area (Å²) in [5.74, 6) is 0. The van der Waals surface area contributed by atoms with Gasteiger partial charge in [-0.2, -0.15) is 0 Å². The van der Waals surface area contributed by atoms with Gasteiger partial charge in [-0.25, -0.2) is 0 Å². The predicted octanol–water partition coefficient (Wildman–Crippen LogP) is 4.99. The van der Waals surface area contributed by atoms with E-state index in [2.05, 4.69) is 32.9 Å². The smallest absolute Gasteiger partial charge is 0.150 e. The highest BCUT2D eigenvalue weighted by molar-refractivity contribution is 5.80. The SMILES string of the molecule is CC\C=C(C)/C(C=O)=C\C(=C/CCC)CCC.